The van der Waals surface area contributed by atoms with E-state index in [0.29, 0.717) is 40.9 Å². The van der Waals surface area contributed by atoms with Crippen molar-refractivity contribution in [2.24, 2.45) is 22.2 Å². The minimum Gasteiger partial charge on any atom is -0.370 e. The fourth-order valence-electron chi connectivity index (χ4n) is 4.88. The molecule has 0 saturated carbocycles. The standard InChI is InChI=1S/C31H38ClFN8O/c1-4-23(12-13-37-30(35)36)38-19(3)21-8-10-24(11-9-21)41-17-22-16-27(39-29(22)40-31(41)42)25-14-20(7-5-6-18(2)34)15-26(32)28(25)33/h4,8-11,14-19,23,38H,1,5-7,12-13,34H2,2-3H3,(H4,35,36,37)(H,39,40,42)/t18-,19-,23+/m0/s1. The fraction of sp³-hybridized carbons (Fsp3) is 0.323. The van der Waals surface area contributed by atoms with Crippen LogP contribution in [-0.4, -0.2) is 39.1 Å². The van der Waals surface area contributed by atoms with Crippen LogP contribution in [0.1, 0.15) is 50.3 Å². The van der Waals surface area contributed by atoms with E-state index in [4.69, 9.17) is 28.8 Å². The molecule has 0 aliphatic carbocycles. The van der Waals surface area contributed by atoms with Gasteiger partial charge in [0.15, 0.2) is 11.8 Å². The fourth-order valence-corrected chi connectivity index (χ4v) is 5.12. The molecule has 222 valence electrons. The van der Waals surface area contributed by atoms with Crippen LogP contribution in [0.2, 0.25) is 5.02 Å². The maximum absolute atomic E-state index is 15.1. The Morgan fingerprint density at radius 3 is 2.62 bits per heavy atom. The molecular weight excluding hydrogens is 555 g/mol. The van der Waals surface area contributed by atoms with Crippen LogP contribution in [0.5, 0.6) is 0 Å². The molecule has 0 unspecified atom stereocenters. The lowest BCUT2D eigenvalue weighted by Crippen LogP contribution is -2.31. The van der Waals surface area contributed by atoms with Crippen molar-refractivity contribution in [3.63, 3.8) is 0 Å². The maximum atomic E-state index is 15.1. The van der Waals surface area contributed by atoms with Gasteiger partial charge < -0.3 is 27.5 Å². The van der Waals surface area contributed by atoms with Crippen molar-refractivity contribution in [2.45, 2.75) is 57.7 Å². The molecular formula is C31H38ClFN8O. The Hall–Kier alpha value is -3.99. The lowest BCUT2D eigenvalue weighted by molar-refractivity contribution is 0.493. The third-order valence-electron chi connectivity index (χ3n) is 7.17. The molecule has 0 saturated heterocycles. The Labute approximate surface area is 249 Å². The molecule has 0 spiro atoms. The molecule has 42 heavy (non-hydrogen) atoms. The van der Waals surface area contributed by atoms with Crippen LogP contribution < -0.4 is 28.2 Å². The van der Waals surface area contributed by atoms with Crippen LogP contribution in [0, 0.1) is 5.82 Å². The minimum absolute atomic E-state index is 0.0157. The van der Waals surface area contributed by atoms with E-state index in [2.05, 4.69) is 26.9 Å². The molecule has 0 fully saturated rings. The summed E-state index contributed by atoms with van der Waals surface area (Å²) in [7, 11) is 0. The van der Waals surface area contributed by atoms with E-state index in [9.17, 15) is 4.79 Å². The van der Waals surface area contributed by atoms with E-state index in [1.54, 1.807) is 24.4 Å². The monoisotopic (exact) mass is 592 g/mol. The second-order valence-corrected chi connectivity index (χ2v) is 11.0. The number of rotatable bonds is 13. The molecule has 0 radical (unpaired) electrons. The van der Waals surface area contributed by atoms with Crippen LogP contribution >= 0.6 is 11.6 Å². The Morgan fingerprint density at radius 1 is 1.21 bits per heavy atom. The number of aliphatic imine (C=N–C) groups is 1. The summed E-state index contributed by atoms with van der Waals surface area (Å²) in [6.07, 6.45) is 6.70. The van der Waals surface area contributed by atoms with Crippen LogP contribution in [0.15, 0.2) is 71.1 Å². The molecule has 0 aliphatic rings. The summed E-state index contributed by atoms with van der Waals surface area (Å²) in [5, 5.41) is 4.21. The van der Waals surface area contributed by atoms with Gasteiger partial charge in [0.2, 0.25) is 0 Å². The highest BCUT2D eigenvalue weighted by atomic mass is 35.5. The van der Waals surface area contributed by atoms with E-state index >= 15 is 4.39 Å². The van der Waals surface area contributed by atoms with Gasteiger partial charge in [-0.1, -0.05) is 29.8 Å². The van der Waals surface area contributed by atoms with Crippen molar-refractivity contribution in [2.75, 3.05) is 6.54 Å². The van der Waals surface area contributed by atoms with Gasteiger partial charge in [-0.3, -0.25) is 9.56 Å². The molecule has 2 aromatic carbocycles. The van der Waals surface area contributed by atoms with E-state index in [0.717, 1.165) is 30.4 Å². The number of H-pyrrole nitrogens is 1. The van der Waals surface area contributed by atoms with E-state index in [1.807, 2.05) is 44.2 Å². The van der Waals surface area contributed by atoms with Gasteiger partial charge in [-0.05, 0) is 81.0 Å². The highest BCUT2D eigenvalue weighted by Crippen LogP contribution is 2.31. The Bertz CT molecular complexity index is 1620. The van der Waals surface area contributed by atoms with E-state index < -0.39 is 11.5 Å². The van der Waals surface area contributed by atoms with Crippen LogP contribution in [0.3, 0.4) is 0 Å². The molecule has 0 amide bonds. The summed E-state index contributed by atoms with van der Waals surface area (Å²) in [5.41, 5.74) is 20.0. The smallest absolute Gasteiger partial charge is 0.354 e. The molecule has 11 heteroatoms. The summed E-state index contributed by atoms with van der Waals surface area (Å²) in [4.78, 5) is 24.3. The third kappa shape index (κ3) is 7.64. The number of aromatic amines is 1. The number of hydrogen-bond acceptors (Lipinski definition) is 5. The predicted molar refractivity (Wildman–Crippen MR) is 170 cm³/mol. The predicted octanol–water partition coefficient (Wildman–Crippen LogP) is 4.71. The Morgan fingerprint density at radius 2 is 1.95 bits per heavy atom. The van der Waals surface area contributed by atoms with Gasteiger partial charge in [-0.25, -0.2) is 9.18 Å². The zero-order valence-corrected chi connectivity index (χ0v) is 24.7. The first-order valence-electron chi connectivity index (χ1n) is 14.0. The quantitative estimate of drug-likeness (QED) is 0.0860. The molecule has 3 atom stereocenters. The number of nitrogens with zero attached hydrogens (tertiary/aromatic N) is 3. The number of aromatic nitrogens is 3. The normalized spacial score (nSPS) is 13.5. The van der Waals surface area contributed by atoms with E-state index in [1.165, 1.54) is 4.57 Å². The lowest BCUT2D eigenvalue weighted by atomic mass is 10.0. The van der Waals surface area contributed by atoms with Crippen LogP contribution in [0.25, 0.3) is 28.0 Å². The first-order valence-corrected chi connectivity index (χ1v) is 14.3. The zero-order valence-electron chi connectivity index (χ0n) is 23.9. The molecule has 4 rings (SSSR count). The van der Waals surface area contributed by atoms with Crippen LogP contribution in [-0.2, 0) is 6.42 Å². The summed E-state index contributed by atoms with van der Waals surface area (Å²) in [6, 6.07) is 13.0. The number of hydrogen-bond donors (Lipinski definition) is 5. The second-order valence-electron chi connectivity index (χ2n) is 10.6. The first-order chi connectivity index (χ1) is 20.0. The average Bonchev–Trinajstić information content (AvgIpc) is 3.36. The largest absolute Gasteiger partial charge is 0.370 e. The van der Waals surface area contributed by atoms with Gasteiger partial charge in [0.05, 0.1) is 16.4 Å². The number of nitrogens with one attached hydrogen (secondary N) is 2. The van der Waals surface area contributed by atoms with Crippen molar-refractivity contribution in [1.29, 1.82) is 0 Å². The van der Waals surface area contributed by atoms with Gasteiger partial charge in [0.1, 0.15) is 5.65 Å². The summed E-state index contributed by atoms with van der Waals surface area (Å²) >= 11 is 6.24. The zero-order chi connectivity index (χ0) is 30.4. The van der Waals surface area contributed by atoms with Crippen molar-refractivity contribution in [1.82, 2.24) is 19.9 Å². The van der Waals surface area contributed by atoms with Gasteiger partial charge in [-0.2, -0.15) is 4.98 Å². The van der Waals surface area contributed by atoms with Crippen molar-refractivity contribution < 1.29 is 4.39 Å². The highest BCUT2D eigenvalue weighted by Gasteiger charge is 2.16. The molecule has 9 nitrogen and oxygen atoms in total. The maximum Gasteiger partial charge on any atom is 0.354 e. The lowest BCUT2D eigenvalue weighted by Gasteiger charge is -2.21. The molecule has 0 bridgehead atoms. The van der Waals surface area contributed by atoms with Gasteiger partial charge in [0, 0.05) is 41.8 Å². The van der Waals surface area contributed by atoms with E-state index in [-0.39, 0.29) is 29.1 Å². The van der Waals surface area contributed by atoms with Crippen LogP contribution in [0.4, 0.5) is 4.39 Å². The Kier molecular flexibility index (Phi) is 10.2. The molecule has 4 aromatic rings. The molecule has 0 aliphatic heterocycles. The molecule has 2 aromatic heterocycles. The summed E-state index contributed by atoms with van der Waals surface area (Å²) < 4.78 is 16.6. The third-order valence-corrected chi connectivity index (χ3v) is 7.44. The Balaban J connectivity index is 1.55. The number of benzene rings is 2. The molecule has 2 heterocycles. The van der Waals surface area contributed by atoms with Crippen molar-refractivity contribution >= 4 is 28.6 Å². The minimum atomic E-state index is -0.525. The number of halogens is 2. The average molecular weight is 593 g/mol. The van der Waals surface area contributed by atoms with Gasteiger partial charge in [-0.15, -0.1) is 6.58 Å². The van der Waals surface area contributed by atoms with Crippen molar-refractivity contribution in [3.05, 3.63) is 93.8 Å². The number of fused-ring (bicyclic) bond motifs is 1. The SMILES string of the molecule is C=C[C@H](CCN=C(N)N)N[C@@H](C)c1ccc(-n2cc3cc(-c4cc(CCC[C@H](C)N)cc(Cl)c4F)[nH]c3nc2=O)cc1. The van der Waals surface area contributed by atoms with Gasteiger partial charge >= 0.3 is 5.69 Å². The summed E-state index contributed by atoms with van der Waals surface area (Å²) in [6.45, 7) is 8.40. The second kappa shape index (κ2) is 13.8. The number of nitrogens with two attached hydrogens (primary N) is 3. The summed E-state index contributed by atoms with van der Waals surface area (Å²) in [5.74, 6) is -0.461. The van der Waals surface area contributed by atoms with Gasteiger partial charge in [0.25, 0.3) is 0 Å². The number of guanidine groups is 1. The number of aryl methyl sites for hydroxylation is 1. The first kappa shape index (κ1) is 31.0. The topological polar surface area (TPSA) is 153 Å². The highest BCUT2D eigenvalue weighted by molar-refractivity contribution is 6.31. The van der Waals surface area contributed by atoms with Crippen molar-refractivity contribution in [3.8, 4) is 16.9 Å². The molecule has 8 N–H and O–H groups in total.